The first-order chi connectivity index (χ1) is 14.0. The summed E-state index contributed by atoms with van der Waals surface area (Å²) in [6, 6.07) is 14.3. The molecule has 0 bridgehead atoms. The van der Waals surface area contributed by atoms with Gasteiger partial charge in [-0.1, -0.05) is 30.3 Å². The summed E-state index contributed by atoms with van der Waals surface area (Å²) >= 11 is 0. The maximum atomic E-state index is 12.8. The van der Waals surface area contributed by atoms with Gasteiger partial charge in [-0.3, -0.25) is 19.8 Å². The molecule has 3 rings (SSSR count). The first-order valence-electron chi connectivity index (χ1n) is 9.52. The number of non-ortho nitro benzene ring substituents is 1. The van der Waals surface area contributed by atoms with E-state index in [4.69, 9.17) is 9.47 Å². The Balaban J connectivity index is 1.57. The molecule has 0 saturated carbocycles. The summed E-state index contributed by atoms with van der Waals surface area (Å²) in [5.41, 5.74) is 1.14. The van der Waals surface area contributed by atoms with Crippen molar-refractivity contribution >= 4 is 11.6 Å². The van der Waals surface area contributed by atoms with E-state index in [-0.39, 0.29) is 17.3 Å². The molecule has 2 aromatic carbocycles. The van der Waals surface area contributed by atoms with Gasteiger partial charge in [0.1, 0.15) is 0 Å². The molecule has 0 N–H and O–H groups in total. The van der Waals surface area contributed by atoms with Gasteiger partial charge in [-0.15, -0.1) is 0 Å². The molecule has 8 nitrogen and oxygen atoms in total. The molecular formula is C21H25N3O5. The summed E-state index contributed by atoms with van der Waals surface area (Å²) in [4.78, 5) is 27.4. The van der Waals surface area contributed by atoms with E-state index in [2.05, 4.69) is 17.0 Å². The summed E-state index contributed by atoms with van der Waals surface area (Å²) in [6.45, 7) is 5.31. The standard InChI is InChI=1S/C21H25N3O5/c1-16(29-20-14-18(24(26)27)8-9-19(20)28-2)21(25)23-12-10-22(11-13-23)15-17-6-4-3-5-7-17/h3-9,14,16H,10-13,15H2,1-2H3/t16-/m1/s1. The topological polar surface area (TPSA) is 85.2 Å². The van der Waals surface area contributed by atoms with Gasteiger partial charge in [0.25, 0.3) is 11.6 Å². The molecule has 1 atom stereocenters. The van der Waals surface area contributed by atoms with Crippen LogP contribution in [0.2, 0.25) is 0 Å². The molecule has 1 fully saturated rings. The Bertz CT molecular complexity index is 851. The van der Waals surface area contributed by atoms with Crippen molar-refractivity contribution in [3.63, 3.8) is 0 Å². The Morgan fingerprint density at radius 1 is 1.10 bits per heavy atom. The summed E-state index contributed by atoms with van der Waals surface area (Å²) in [6.07, 6.45) is -0.772. The van der Waals surface area contributed by atoms with E-state index in [1.807, 2.05) is 18.2 Å². The molecule has 0 aliphatic carbocycles. The van der Waals surface area contributed by atoms with Gasteiger partial charge in [-0.25, -0.2) is 0 Å². The predicted octanol–water partition coefficient (Wildman–Crippen LogP) is 2.72. The van der Waals surface area contributed by atoms with Gasteiger partial charge in [0, 0.05) is 38.8 Å². The summed E-state index contributed by atoms with van der Waals surface area (Å²) in [5.74, 6) is 0.395. The highest BCUT2D eigenvalue weighted by Crippen LogP contribution is 2.32. The van der Waals surface area contributed by atoms with Crippen molar-refractivity contribution < 1.29 is 19.2 Å². The number of amides is 1. The molecule has 1 aliphatic rings. The molecule has 0 spiro atoms. The SMILES string of the molecule is COc1ccc([N+](=O)[O-])cc1O[C@H](C)C(=O)N1CCN(Cc2ccccc2)CC1. The molecule has 0 aromatic heterocycles. The fourth-order valence-corrected chi connectivity index (χ4v) is 3.34. The number of piperazine rings is 1. The highest BCUT2D eigenvalue weighted by Gasteiger charge is 2.27. The largest absolute Gasteiger partial charge is 0.493 e. The molecule has 1 saturated heterocycles. The number of nitrogens with zero attached hydrogens (tertiary/aromatic N) is 3. The molecule has 29 heavy (non-hydrogen) atoms. The molecule has 0 unspecified atom stereocenters. The maximum absolute atomic E-state index is 12.8. The first kappa shape index (κ1) is 20.6. The third kappa shape index (κ3) is 5.23. The smallest absolute Gasteiger partial charge is 0.273 e. The van der Waals surface area contributed by atoms with Crippen molar-refractivity contribution in [1.82, 2.24) is 9.80 Å². The highest BCUT2D eigenvalue weighted by atomic mass is 16.6. The van der Waals surface area contributed by atoms with E-state index in [9.17, 15) is 14.9 Å². The normalized spacial score (nSPS) is 15.6. The number of hydrogen-bond acceptors (Lipinski definition) is 6. The fraction of sp³-hybridized carbons (Fsp3) is 0.381. The number of nitro groups is 1. The second-order valence-electron chi connectivity index (χ2n) is 6.94. The third-order valence-corrected chi connectivity index (χ3v) is 4.94. The zero-order valence-electron chi connectivity index (χ0n) is 16.6. The van der Waals surface area contributed by atoms with Crippen LogP contribution in [-0.4, -0.2) is 60.0 Å². The molecule has 1 amide bonds. The van der Waals surface area contributed by atoms with Crippen molar-refractivity contribution in [3.8, 4) is 11.5 Å². The molecular weight excluding hydrogens is 374 g/mol. The van der Waals surface area contributed by atoms with Crippen LogP contribution in [-0.2, 0) is 11.3 Å². The number of carbonyl (C=O) groups is 1. The van der Waals surface area contributed by atoms with Crippen LogP contribution in [0.5, 0.6) is 11.5 Å². The van der Waals surface area contributed by atoms with Crippen LogP contribution >= 0.6 is 0 Å². The molecule has 8 heteroatoms. The first-order valence-corrected chi connectivity index (χ1v) is 9.52. The van der Waals surface area contributed by atoms with Crippen LogP contribution in [0.25, 0.3) is 0 Å². The molecule has 154 valence electrons. The van der Waals surface area contributed by atoms with E-state index in [1.165, 1.54) is 30.9 Å². The molecule has 1 heterocycles. The quantitative estimate of drug-likeness (QED) is 0.526. The zero-order chi connectivity index (χ0) is 20.8. The number of rotatable bonds is 7. The Kier molecular flexibility index (Phi) is 6.66. The Hall–Kier alpha value is -3.13. The van der Waals surface area contributed by atoms with Crippen LogP contribution < -0.4 is 9.47 Å². The fourth-order valence-electron chi connectivity index (χ4n) is 3.34. The second-order valence-corrected chi connectivity index (χ2v) is 6.94. The van der Waals surface area contributed by atoms with E-state index in [0.29, 0.717) is 18.8 Å². The van der Waals surface area contributed by atoms with Crippen molar-refractivity contribution in [3.05, 3.63) is 64.2 Å². The maximum Gasteiger partial charge on any atom is 0.273 e. The lowest BCUT2D eigenvalue weighted by atomic mass is 10.2. The Morgan fingerprint density at radius 2 is 1.79 bits per heavy atom. The molecule has 1 aliphatic heterocycles. The third-order valence-electron chi connectivity index (χ3n) is 4.94. The van der Waals surface area contributed by atoms with Crippen molar-refractivity contribution in [1.29, 1.82) is 0 Å². The van der Waals surface area contributed by atoms with Crippen molar-refractivity contribution in [2.45, 2.75) is 19.6 Å². The van der Waals surface area contributed by atoms with Crippen LogP contribution in [0.15, 0.2) is 48.5 Å². The molecule has 2 aromatic rings. The van der Waals surface area contributed by atoms with Crippen LogP contribution in [0.1, 0.15) is 12.5 Å². The minimum Gasteiger partial charge on any atom is -0.493 e. The summed E-state index contributed by atoms with van der Waals surface area (Å²) < 4.78 is 10.9. The van der Waals surface area contributed by atoms with Gasteiger partial charge >= 0.3 is 0 Å². The summed E-state index contributed by atoms with van der Waals surface area (Å²) in [5, 5.41) is 11.0. The van der Waals surface area contributed by atoms with Crippen LogP contribution in [0, 0.1) is 10.1 Å². The minimum atomic E-state index is -0.772. The molecule has 0 radical (unpaired) electrons. The van der Waals surface area contributed by atoms with E-state index >= 15 is 0 Å². The number of benzene rings is 2. The average Bonchev–Trinajstić information content (AvgIpc) is 2.74. The van der Waals surface area contributed by atoms with Gasteiger partial charge in [0.05, 0.1) is 18.1 Å². The highest BCUT2D eigenvalue weighted by molar-refractivity contribution is 5.81. The number of ether oxygens (including phenoxy) is 2. The van der Waals surface area contributed by atoms with Gasteiger partial charge in [0.2, 0.25) is 0 Å². The van der Waals surface area contributed by atoms with Gasteiger partial charge in [-0.2, -0.15) is 0 Å². The number of nitro benzene ring substituents is 1. The van der Waals surface area contributed by atoms with Gasteiger partial charge in [0.15, 0.2) is 17.6 Å². The van der Waals surface area contributed by atoms with E-state index in [0.717, 1.165) is 19.6 Å². The Morgan fingerprint density at radius 3 is 2.41 bits per heavy atom. The Labute approximate surface area is 169 Å². The number of carbonyl (C=O) groups excluding carboxylic acids is 1. The van der Waals surface area contributed by atoms with Crippen molar-refractivity contribution in [2.75, 3.05) is 33.3 Å². The monoisotopic (exact) mass is 399 g/mol. The van der Waals surface area contributed by atoms with Gasteiger partial charge in [-0.05, 0) is 18.6 Å². The van der Waals surface area contributed by atoms with E-state index < -0.39 is 11.0 Å². The average molecular weight is 399 g/mol. The summed E-state index contributed by atoms with van der Waals surface area (Å²) in [7, 11) is 1.45. The zero-order valence-corrected chi connectivity index (χ0v) is 16.6. The lowest BCUT2D eigenvalue weighted by Crippen LogP contribution is -2.51. The number of hydrogen-bond donors (Lipinski definition) is 0. The van der Waals surface area contributed by atoms with Crippen LogP contribution in [0.3, 0.4) is 0 Å². The van der Waals surface area contributed by atoms with Crippen LogP contribution in [0.4, 0.5) is 5.69 Å². The minimum absolute atomic E-state index is 0.116. The lowest BCUT2D eigenvalue weighted by molar-refractivity contribution is -0.385. The van der Waals surface area contributed by atoms with Crippen molar-refractivity contribution in [2.24, 2.45) is 0 Å². The second kappa shape index (κ2) is 9.38. The van der Waals surface area contributed by atoms with Gasteiger partial charge < -0.3 is 14.4 Å². The van der Waals surface area contributed by atoms with E-state index in [1.54, 1.807) is 11.8 Å². The number of methoxy groups -OCH3 is 1. The predicted molar refractivity (Wildman–Crippen MR) is 108 cm³/mol. The lowest BCUT2D eigenvalue weighted by Gasteiger charge is -2.36.